The molecule has 0 spiro atoms. The van der Waals surface area contributed by atoms with Gasteiger partial charge in [0.2, 0.25) is 5.91 Å². The number of carbonyl (C=O) groups is 2. The van der Waals surface area contributed by atoms with Gasteiger partial charge < -0.3 is 25.4 Å². The molecule has 2 aromatic heterocycles. The van der Waals surface area contributed by atoms with Crippen molar-refractivity contribution in [1.82, 2.24) is 20.0 Å². The van der Waals surface area contributed by atoms with Gasteiger partial charge in [0.25, 0.3) is 5.91 Å². The minimum absolute atomic E-state index is 0.0220. The monoisotopic (exact) mass is 528 g/mol. The van der Waals surface area contributed by atoms with Gasteiger partial charge in [-0.2, -0.15) is 0 Å². The fourth-order valence-corrected chi connectivity index (χ4v) is 5.11. The Morgan fingerprint density at radius 3 is 2.90 bits per heavy atom. The largest absolute Gasteiger partial charge is 0.396 e. The van der Waals surface area contributed by atoms with Gasteiger partial charge in [-0.1, -0.05) is 42.5 Å². The predicted octanol–water partition coefficient (Wildman–Crippen LogP) is 2.92. The van der Waals surface area contributed by atoms with Crippen molar-refractivity contribution in [1.29, 1.82) is 0 Å². The standard InChI is InChI=1S/C29H32N6O4/c1-19(7-5-6-13-35-18-22(12-14-36)32-33-35)29(39)24-16-21(10-11-26(24)34(2)28(29)38)31-27(37)15-20-17-30-25-9-4-3-8-23(20)25/h3-5,7-11,16-19,30,36,39H,6,12-15H2,1-2H3,(H,31,37)/b7-5+/t19-,29+/m0/s1. The highest BCUT2D eigenvalue weighted by Gasteiger charge is 2.51. The highest BCUT2D eigenvalue weighted by Crippen LogP contribution is 2.45. The number of aryl methyl sites for hydroxylation is 1. The maximum Gasteiger partial charge on any atom is 0.264 e. The van der Waals surface area contributed by atoms with Crippen LogP contribution in [0.2, 0.25) is 0 Å². The zero-order valence-electron chi connectivity index (χ0n) is 22.0. The number of hydrogen-bond donors (Lipinski definition) is 4. The van der Waals surface area contributed by atoms with Gasteiger partial charge in [0, 0.05) is 67.1 Å². The van der Waals surface area contributed by atoms with Crippen molar-refractivity contribution in [3.05, 3.63) is 83.8 Å². The summed E-state index contributed by atoms with van der Waals surface area (Å²) in [5, 5.41) is 32.7. The number of aromatic nitrogens is 4. The topological polar surface area (TPSA) is 136 Å². The fourth-order valence-electron chi connectivity index (χ4n) is 5.11. The van der Waals surface area contributed by atoms with Crippen molar-refractivity contribution < 1.29 is 19.8 Å². The van der Waals surface area contributed by atoms with E-state index in [0.717, 1.165) is 22.2 Å². The average molecular weight is 529 g/mol. The van der Waals surface area contributed by atoms with Gasteiger partial charge >= 0.3 is 0 Å². The molecule has 10 heteroatoms. The number of para-hydroxylation sites is 1. The van der Waals surface area contributed by atoms with E-state index in [4.69, 9.17) is 5.11 Å². The summed E-state index contributed by atoms with van der Waals surface area (Å²) in [6.07, 6.45) is 8.65. The molecule has 3 heterocycles. The molecule has 0 unspecified atom stereocenters. The van der Waals surface area contributed by atoms with E-state index in [0.29, 0.717) is 36.3 Å². The number of fused-ring (bicyclic) bond motifs is 2. The lowest BCUT2D eigenvalue weighted by atomic mass is 9.82. The number of anilines is 2. The second-order valence-electron chi connectivity index (χ2n) is 9.90. The Balaban J connectivity index is 1.28. The number of H-pyrrole nitrogens is 1. The van der Waals surface area contributed by atoms with Gasteiger partial charge in [0.15, 0.2) is 5.60 Å². The Labute approximate surface area is 226 Å². The number of aliphatic hydroxyl groups is 2. The minimum Gasteiger partial charge on any atom is -0.396 e. The van der Waals surface area contributed by atoms with E-state index in [1.54, 1.807) is 43.0 Å². The van der Waals surface area contributed by atoms with E-state index in [-0.39, 0.29) is 18.9 Å². The highest BCUT2D eigenvalue weighted by molar-refractivity contribution is 6.07. The molecule has 0 saturated carbocycles. The Kier molecular flexibility index (Phi) is 7.32. The zero-order chi connectivity index (χ0) is 27.6. The number of nitrogens with one attached hydrogen (secondary N) is 2. The number of nitrogens with zero attached hydrogens (tertiary/aromatic N) is 4. The zero-order valence-corrected chi connectivity index (χ0v) is 22.0. The number of aliphatic hydroxyl groups excluding tert-OH is 1. The molecule has 4 N–H and O–H groups in total. The third-order valence-electron chi connectivity index (χ3n) is 7.27. The maximum atomic E-state index is 13.2. The summed E-state index contributed by atoms with van der Waals surface area (Å²) in [6.45, 7) is 2.40. The first-order chi connectivity index (χ1) is 18.8. The molecule has 2 atom stereocenters. The minimum atomic E-state index is -1.76. The molecule has 0 fully saturated rings. The van der Waals surface area contributed by atoms with Gasteiger partial charge in [-0.25, -0.2) is 0 Å². The van der Waals surface area contributed by atoms with E-state index in [1.807, 2.05) is 42.6 Å². The van der Waals surface area contributed by atoms with Crippen LogP contribution < -0.4 is 10.2 Å². The first kappa shape index (κ1) is 26.3. The molecule has 4 aromatic rings. The number of allylic oxidation sites excluding steroid dienone is 1. The summed E-state index contributed by atoms with van der Waals surface area (Å²) >= 11 is 0. The summed E-state index contributed by atoms with van der Waals surface area (Å²) in [7, 11) is 1.64. The van der Waals surface area contributed by atoms with Gasteiger partial charge in [-0.3, -0.25) is 14.3 Å². The average Bonchev–Trinajstić information content (AvgIpc) is 3.60. The molecule has 202 valence electrons. The lowest BCUT2D eigenvalue weighted by Gasteiger charge is -2.27. The summed E-state index contributed by atoms with van der Waals surface area (Å²) < 4.78 is 1.70. The number of aromatic amines is 1. The third-order valence-corrected chi connectivity index (χ3v) is 7.27. The van der Waals surface area contributed by atoms with Crippen LogP contribution in [-0.2, 0) is 34.6 Å². The van der Waals surface area contributed by atoms with E-state index in [2.05, 4.69) is 20.6 Å². The van der Waals surface area contributed by atoms with Crippen LogP contribution >= 0.6 is 0 Å². The van der Waals surface area contributed by atoms with Crippen molar-refractivity contribution >= 4 is 34.1 Å². The molecule has 0 bridgehead atoms. The number of benzene rings is 2. The first-order valence-corrected chi connectivity index (χ1v) is 13.0. The first-order valence-electron chi connectivity index (χ1n) is 13.0. The number of carbonyl (C=O) groups excluding carboxylic acids is 2. The van der Waals surface area contributed by atoms with Gasteiger partial charge in [-0.05, 0) is 36.2 Å². The number of likely N-dealkylation sites (N-methyl/N-ethyl adjacent to an activating group) is 1. The van der Waals surface area contributed by atoms with E-state index >= 15 is 0 Å². The van der Waals surface area contributed by atoms with Gasteiger partial charge in [0.1, 0.15) is 0 Å². The summed E-state index contributed by atoms with van der Waals surface area (Å²) in [5.41, 5.74) is 2.41. The fraction of sp³-hybridized carbons (Fsp3) is 0.310. The molecular weight excluding hydrogens is 496 g/mol. The summed E-state index contributed by atoms with van der Waals surface area (Å²) in [4.78, 5) is 30.7. The number of amides is 2. The molecule has 10 nitrogen and oxygen atoms in total. The van der Waals surface area contributed by atoms with Crippen LogP contribution in [0.25, 0.3) is 10.9 Å². The van der Waals surface area contributed by atoms with Crippen molar-refractivity contribution in [2.75, 3.05) is 23.9 Å². The molecule has 0 radical (unpaired) electrons. The molecule has 2 aromatic carbocycles. The highest BCUT2D eigenvalue weighted by atomic mass is 16.3. The van der Waals surface area contributed by atoms with Crippen molar-refractivity contribution in [3.8, 4) is 0 Å². The SMILES string of the molecule is C[C@@H](/C=C/CCn1cc(CCO)nn1)[C@]1(O)C(=O)N(C)c2ccc(NC(=O)Cc3c[nH]c4ccccc34)cc21. The Hall–Kier alpha value is -4.28. The van der Waals surface area contributed by atoms with Crippen LogP contribution in [0, 0.1) is 5.92 Å². The summed E-state index contributed by atoms with van der Waals surface area (Å²) in [6, 6.07) is 13.0. The number of rotatable bonds is 10. The molecular formula is C29H32N6O4. The van der Waals surface area contributed by atoms with Crippen LogP contribution in [0.4, 0.5) is 11.4 Å². The smallest absolute Gasteiger partial charge is 0.264 e. The third kappa shape index (κ3) is 5.08. The Bertz CT molecular complexity index is 1540. The molecule has 0 saturated heterocycles. The maximum absolute atomic E-state index is 13.2. The predicted molar refractivity (Wildman–Crippen MR) is 148 cm³/mol. The van der Waals surface area contributed by atoms with Gasteiger partial charge in [0.05, 0.1) is 17.8 Å². The van der Waals surface area contributed by atoms with E-state index < -0.39 is 17.4 Å². The van der Waals surface area contributed by atoms with Crippen LogP contribution in [0.3, 0.4) is 0 Å². The van der Waals surface area contributed by atoms with Crippen LogP contribution in [0.1, 0.15) is 30.2 Å². The van der Waals surface area contributed by atoms with Crippen LogP contribution in [0.5, 0.6) is 0 Å². The normalized spacial score (nSPS) is 17.7. The second kappa shape index (κ2) is 10.8. The Morgan fingerprint density at radius 1 is 1.26 bits per heavy atom. The molecule has 1 aliphatic heterocycles. The molecule has 0 aliphatic carbocycles. The van der Waals surface area contributed by atoms with Crippen molar-refractivity contribution in [2.45, 2.75) is 38.3 Å². The molecule has 2 amide bonds. The van der Waals surface area contributed by atoms with Crippen LogP contribution in [0.15, 0.2) is 67.0 Å². The lowest BCUT2D eigenvalue weighted by Crippen LogP contribution is -2.43. The van der Waals surface area contributed by atoms with Crippen molar-refractivity contribution in [3.63, 3.8) is 0 Å². The van der Waals surface area contributed by atoms with E-state index in [9.17, 15) is 14.7 Å². The van der Waals surface area contributed by atoms with E-state index in [1.165, 1.54) is 4.90 Å². The Morgan fingerprint density at radius 2 is 2.08 bits per heavy atom. The summed E-state index contributed by atoms with van der Waals surface area (Å²) in [5.74, 6) is -1.13. The quantitative estimate of drug-likeness (QED) is 0.234. The molecule has 1 aliphatic rings. The second-order valence-corrected chi connectivity index (χ2v) is 9.90. The molecule has 5 rings (SSSR count). The van der Waals surface area contributed by atoms with Crippen LogP contribution in [-0.4, -0.2) is 55.7 Å². The van der Waals surface area contributed by atoms with Crippen molar-refractivity contribution in [2.24, 2.45) is 5.92 Å². The number of hydrogen-bond acceptors (Lipinski definition) is 6. The molecule has 39 heavy (non-hydrogen) atoms. The lowest BCUT2D eigenvalue weighted by molar-refractivity contribution is -0.139. The van der Waals surface area contributed by atoms with Gasteiger partial charge in [-0.15, -0.1) is 5.10 Å².